The molecule has 0 bridgehead atoms. The highest BCUT2D eigenvalue weighted by atomic mass is 32.2. The smallest absolute Gasteiger partial charge is 0.303 e. The first-order valence-electron chi connectivity index (χ1n) is 8.51. The van der Waals surface area contributed by atoms with E-state index in [0.29, 0.717) is 31.5 Å². The molecule has 0 aliphatic carbocycles. The fourth-order valence-corrected chi connectivity index (χ4v) is 3.42. The number of anilines is 1. The summed E-state index contributed by atoms with van der Waals surface area (Å²) < 4.78 is 26.9. The second kappa shape index (κ2) is 10.6. The minimum Gasteiger partial charge on any atom is -0.481 e. The molecule has 150 valence electrons. The molecule has 0 aromatic heterocycles. The molecule has 10 heteroatoms. The maximum Gasteiger partial charge on any atom is 0.303 e. The normalized spacial score (nSPS) is 12.2. The van der Waals surface area contributed by atoms with Crippen LogP contribution < -0.4 is 15.4 Å². The van der Waals surface area contributed by atoms with E-state index in [4.69, 9.17) is 5.11 Å². The molecule has 2 amide bonds. The molecule has 0 saturated carbocycles. The summed E-state index contributed by atoms with van der Waals surface area (Å²) in [6.07, 6.45) is 1.89. The van der Waals surface area contributed by atoms with Gasteiger partial charge in [0.05, 0.1) is 10.9 Å². The Morgan fingerprint density at radius 2 is 1.70 bits per heavy atom. The Hall–Kier alpha value is -2.46. The van der Waals surface area contributed by atoms with E-state index >= 15 is 0 Å². The number of carbonyl (C=O) groups excluding carboxylic acids is 2. The second-order valence-electron chi connectivity index (χ2n) is 6.04. The lowest BCUT2D eigenvalue weighted by molar-refractivity contribution is -0.137. The molecule has 1 atom stereocenters. The third-order valence-electron chi connectivity index (χ3n) is 3.58. The van der Waals surface area contributed by atoms with Crippen molar-refractivity contribution in [2.45, 2.75) is 50.5 Å². The van der Waals surface area contributed by atoms with Gasteiger partial charge in [-0.25, -0.2) is 8.42 Å². The van der Waals surface area contributed by atoms with Crippen molar-refractivity contribution in [2.75, 3.05) is 11.9 Å². The maximum absolute atomic E-state index is 12.3. The zero-order chi connectivity index (χ0) is 20.4. The van der Waals surface area contributed by atoms with Gasteiger partial charge in [-0.2, -0.15) is 4.72 Å². The number of hydrogen-bond donors (Lipinski definition) is 4. The monoisotopic (exact) mass is 399 g/mol. The van der Waals surface area contributed by atoms with Crippen molar-refractivity contribution >= 4 is 33.5 Å². The summed E-state index contributed by atoms with van der Waals surface area (Å²) in [6.45, 7) is 3.12. The Labute approximate surface area is 158 Å². The van der Waals surface area contributed by atoms with Crippen LogP contribution in [0.4, 0.5) is 5.69 Å². The van der Waals surface area contributed by atoms with Gasteiger partial charge in [-0.1, -0.05) is 6.42 Å². The van der Waals surface area contributed by atoms with Crippen molar-refractivity contribution in [3.8, 4) is 0 Å². The van der Waals surface area contributed by atoms with Crippen LogP contribution in [0.5, 0.6) is 0 Å². The number of unbranched alkanes of at least 4 members (excludes halogenated alkanes) is 2. The van der Waals surface area contributed by atoms with Gasteiger partial charge in [0.1, 0.15) is 0 Å². The number of rotatable bonds is 11. The van der Waals surface area contributed by atoms with E-state index in [1.807, 2.05) is 0 Å². The van der Waals surface area contributed by atoms with Crippen molar-refractivity contribution in [3.63, 3.8) is 0 Å². The van der Waals surface area contributed by atoms with Crippen LogP contribution in [0.25, 0.3) is 0 Å². The van der Waals surface area contributed by atoms with Crippen LogP contribution in [0.3, 0.4) is 0 Å². The molecule has 1 aromatic carbocycles. The molecule has 0 saturated heterocycles. The number of carboxylic acids is 1. The highest BCUT2D eigenvalue weighted by Crippen LogP contribution is 2.14. The molecule has 0 aliphatic rings. The van der Waals surface area contributed by atoms with Crippen molar-refractivity contribution in [2.24, 2.45) is 0 Å². The molecule has 0 spiro atoms. The van der Waals surface area contributed by atoms with Crippen LogP contribution in [-0.2, 0) is 24.4 Å². The number of nitrogens with one attached hydrogen (secondary N) is 3. The van der Waals surface area contributed by atoms with E-state index in [9.17, 15) is 22.8 Å². The maximum atomic E-state index is 12.3. The Balaban J connectivity index is 2.49. The molecule has 4 N–H and O–H groups in total. The first-order chi connectivity index (χ1) is 12.6. The Morgan fingerprint density at radius 1 is 1.07 bits per heavy atom. The van der Waals surface area contributed by atoms with E-state index in [1.165, 1.54) is 38.1 Å². The van der Waals surface area contributed by atoms with E-state index in [1.54, 1.807) is 0 Å². The predicted molar refractivity (Wildman–Crippen MR) is 99.6 cm³/mol. The molecule has 9 nitrogen and oxygen atoms in total. The van der Waals surface area contributed by atoms with Crippen LogP contribution in [0.15, 0.2) is 29.2 Å². The highest BCUT2D eigenvalue weighted by molar-refractivity contribution is 7.89. The van der Waals surface area contributed by atoms with Gasteiger partial charge in [-0.3, -0.25) is 14.4 Å². The van der Waals surface area contributed by atoms with Crippen LogP contribution in [0.1, 0.15) is 39.5 Å². The van der Waals surface area contributed by atoms with Crippen molar-refractivity contribution in [1.29, 1.82) is 0 Å². The fraction of sp³-hybridized carbons (Fsp3) is 0.471. The van der Waals surface area contributed by atoms with Gasteiger partial charge < -0.3 is 15.7 Å². The Kier molecular flexibility index (Phi) is 8.89. The molecule has 1 aromatic rings. The Morgan fingerprint density at radius 3 is 2.26 bits per heavy atom. The first-order valence-corrected chi connectivity index (χ1v) is 9.99. The van der Waals surface area contributed by atoms with Crippen LogP contribution in [-0.4, -0.2) is 43.9 Å². The molecule has 1 unspecified atom stereocenters. The summed E-state index contributed by atoms with van der Waals surface area (Å²) in [7, 11) is -3.89. The topological polar surface area (TPSA) is 142 Å². The molecule has 0 aliphatic heterocycles. The fourth-order valence-electron chi connectivity index (χ4n) is 2.22. The number of amides is 2. The van der Waals surface area contributed by atoms with Gasteiger partial charge in [-0.15, -0.1) is 0 Å². The average molecular weight is 399 g/mol. The summed E-state index contributed by atoms with van der Waals surface area (Å²) in [4.78, 5) is 33.3. The summed E-state index contributed by atoms with van der Waals surface area (Å²) in [5.74, 6) is -1.59. The predicted octanol–water partition coefficient (Wildman–Crippen LogP) is 1.07. The third-order valence-corrected chi connectivity index (χ3v) is 5.13. The van der Waals surface area contributed by atoms with E-state index in [-0.39, 0.29) is 17.2 Å². The van der Waals surface area contributed by atoms with Crippen molar-refractivity contribution in [1.82, 2.24) is 10.0 Å². The summed E-state index contributed by atoms with van der Waals surface area (Å²) in [5.41, 5.74) is 0.468. The van der Waals surface area contributed by atoms with Gasteiger partial charge >= 0.3 is 5.97 Å². The molecular formula is C17H25N3O6S. The van der Waals surface area contributed by atoms with Crippen LogP contribution >= 0.6 is 0 Å². The molecule has 1 rings (SSSR count). The average Bonchev–Trinajstić information content (AvgIpc) is 2.57. The lowest BCUT2D eigenvalue weighted by Gasteiger charge is -2.14. The molecule has 0 radical (unpaired) electrons. The first kappa shape index (κ1) is 22.6. The number of hydrogen-bond acceptors (Lipinski definition) is 5. The quantitative estimate of drug-likeness (QED) is 0.410. The number of benzene rings is 1. The van der Waals surface area contributed by atoms with E-state index in [2.05, 4.69) is 15.4 Å². The number of carboxylic acid groups (broad SMARTS) is 1. The minimum absolute atomic E-state index is 0.0232. The summed E-state index contributed by atoms with van der Waals surface area (Å²) in [6, 6.07) is 4.61. The number of sulfonamides is 1. The summed E-state index contributed by atoms with van der Waals surface area (Å²) >= 11 is 0. The summed E-state index contributed by atoms with van der Waals surface area (Å²) in [5, 5.41) is 13.7. The lowest BCUT2D eigenvalue weighted by atomic mass is 10.2. The SMILES string of the molecule is CC(=O)Nc1ccc(S(=O)(=O)NC(C)C(=O)NCCCCCC(=O)O)cc1. The molecular weight excluding hydrogens is 374 g/mol. The van der Waals surface area contributed by atoms with Crippen LogP contribution in [0.2, 0.25) is 0 Å². The third kappa shape index (κ3) is 8.65. The van der Waals surface area contributed by atoms with Gasteiger partial charge in [0.2, 0.25) is 21.8 Å². The molecule has 27 heavy (non-hydrogen) atoms. The van der Waals surface area contributed by atoms with Gasteiger partial charge in [0.15, 0.2) is 0 Å². The number of aliphatic carboxylic acids is 1. The van der Waals surface area contributed by atoms with Gasteiger partial charge in [0, 0.05) is 25.6 Å². The largest absolute Gasteiger partial charge is 0.481 e. The highest BCUT2D eigenvalue weighted by Gasteiger charge is 2.21. The zero-order valence-electron chi connectivity index (χ0n) is 15.3. The lowest BCUT2D eigenvalue weighted by Crippen LogP contribution is -2.44. The number of carbonyl (C=O) groups is 3. The van der Waals surface area contributed by atoms with Crippen molar-refractivity contribution in [3.05, 3.63) is 24.3 Å². The van der Waals surface area contributed by atoms with Gasteiger partial charge in [-0.05, 0) is 44.0 Å². The Bertz CT molecular complexity index is 761. The van der Waals surface area contributed by atoms with Gasteiger partial charge in [0.25, 0.3) is 0 Å². The molecule has 0 heterocycles. The van der Waals surface area contributed by atoms with Crippen molar-refractivity contribution < 1.29 is 27.9 Å². The van der Waals surface area contributed by atoms with E-state index in [0.717, 1.165) is 0 Å². The zero-order valence-corrected chi connectivity index (χ0v) is 16.1. The van der Waals surface area contributed by atoms with E-state index < -0.39 is 27.9 Å². The minimum atomic E-state index is -3.89. The second-order valence-corrected chi connectivity index (χ2v) is 7.76. The molecule has 0 fully saturated rings. The van der Waals surface area contributed by atoms with Crippen LogP contribution in [0, 0.1) is 0 Å². The standard InChI is InChI=1S/C17H25N3O6S/c1-12(17(24)18-11-5-3-4-6-16(22)23)20-27(25,26)15-9-7-14(8-10-15)19-13(2)21/h7-10,12,20H,3-6,11H2,1-2H3,(H,18,24)(H,19,21)(H,22,23).